The zero-order valence-electron chi connectivity index (χ0n) is 15.0. The highest BCUT2D eigenvalue weighted by molar-refractivity contribution is 7.15. The third kappa shape index (κ3) is 2.95. The van der Waals surface area contributed by atoms with Gasteiger partial charge in [0.15, 0.2) is 5.13 Å². The summed E-state index contributed by atoms with van der Waals surface area (Å²) in [6.45, 7) is 8.54. The Kier molecular flexibility index (Phi) is 3.68. The second-order valence-corrected chi connectivity index (χ2v) is 8.73. The number of aromatic nitrogens is 3. The van der Waals surface area contributed by atoms with Crippen molar-refractivity contribution in [3.63, 3.8) is 0 Å². The number of nitrogens with zero attached hydrogens (tertiary/aromatic N) is 3. The van der Waals surface area contributed by atoms with Crippen LogP contribution in [-0.4, -0.2) is 20.3 Å². The fourth-order valence-corrected chi connectivity index (χ4v) is 4.75. The number of amides is 1. The molecule has 0 saturated carbocycles. The molecule has 0 aliphatic heterocycles. The number of hydrogen-bond acceptors (Lipinski definition) is 4. The van der Waals surface area contributed by atoms with Crippen molar-refractivity contribution in [2.45, 2.75) is 47.0 Å². The van der Waals surface area contributed by atoms with Gasteiger partial charge < -0.3 is 4.40 Å². The average molecular weight is 354 g/mol. The predicted molar refractivity (Wildman–Crippen MR) is 101 cm³/mol. The molecule has 0 radical (unpaired) electrons. The van der Waals surface area contributed by atoms with Gasteiger partial charge >= 0.3 is 0 Å². The lowest BCUT2D eigenvalue weighted by Gasteiger charge is -2.28. The largest absolute Gasteiger partial charge is 0.305 e. The van der Waals surface area contributed by atoms with E-state index in [-0.39, 0.29) is 5.91 Å². The summed E-state index contributed by atoms with van der Waals surface area (Å²) in [4.78, 5) is 23.2. The molecular weight excluding hydrogens is 332 g/mol. The van der Waals surface area contributed by atoms with Gasteiger partial charge in [0.05, 0.1) is 11.3 Å². The predicted octanol–water partition coefficient (Wildman–Crippen LogP) is 4.17. The number of rotatable bonds is 2. The Hall–Kier alpha value is -2.21. The van der Waals surface area contributed by atoms with Crippen LogP contribution < -0.4 is 5.32 Å². The van der Waals surface area contributed by atoms with Gasteiger partial charge in [-0.1, -0.05) is 13.8 Å². The monoisotopic (exact) mass is 354 g/mol. The van der Waals surface area contributed by atoms with Crippen molar-refractivity contribution in [2.24, 2.45) is 5.41 Å². The molecule has 1 aliphatic carbocycles. The Morgan fingerprint density at radius 3 is 2.92 bits per heavy atom. The smallest absolute Gasteiger partial charge is 0.261 e. The lowest BCUT2D eigenvalue weighted by molar-refractivity contribution is 0.102. The molecule has 3 heterocycles. The second kappa shape index (κ2) is 5.66. The number of carbonyl (C=O) groups excluding carboxylic acids is 1. The van der Waals surface area contributed by atoms with Crippen LogP contribution in [-0.2, 0) is 12.8 Å². The molecule has 1 aliphatic rings. The first-order valence-corrected chi connectivity index (χ1v) is 9.39. The maximum Gasteiger partial charge on any atom is 0.261 e. The van der Waals surface area contributed by atoms with Crippen molar-refractivity contribution in [2.75, 3.05) is 5.32 Å². The zero-order valence-corrected chi connectivity index (χ0v) is 15.8. The van der Waals surface area contributed by atoms with Crippen LogP contribution in [0.15, 0.2) is 18.3 Å². The number of fused-ring (bicyclic) bond motifs is 2. The number of anilines is 1. The molecule has 0 spiro atoms. The standard InChI is InChI=1S/C19H22N4OS/c1-11-9-12(2)23-8-6-13(16(23)20-11)17(24)22-18-21-14-5-7-19(3,4)10-15(14)25-18/h6,8-9H,5,7,10H2,1-4H3,(H,21,22,24). The van der Waals surface area contributed by atoms with Gasteiger partial charge in [-0.3, -0.25) is 10.1 Å². The summed E-state index contributed by atoms with van der Waals surface area (Å²) in [5, 5.41) is 3.67. The van der Waals surface area contributed by atoms with Crippen molar-refractivity contribution in [3.8, 4) is 0 Å². The number of hydrogen-bond donors (Lipinski definition) is 1. The van der Waals surface area contributed by atoms with Crippen LogP contribution >= 0.6 is 11.3 Å². The topological polar surface area (TPSA) is 59.3 Å². The van der Waals surface area contributed by atoms with Gasteiger partial charge in [-0.2, -0.15) is 0 Å². The lowest BCUT2D eigenvalue weighted by atomic mass is 9.79. The van der Waals surface area contributed by atoms with E-state index in [9.17, 15) is 4.79 Å². The normalized spacial score (nSPS) is 16.0. The quantitative estimate of drug-likeness (QED) is 0.751. The van der Waals surface area contributed by atoms with Gasteiger partial charge in [0.2, 0.25) is 0 Å². The molecule has 5 nitrogen and oxygen atoms in total. The molecule has 25 heavy (non-hydrogen) atoms. The van der Waals surface area contributed by atoms with E-state index in [1.54, 1.807) is 11.3 Å². The molecule has 0 aromatic carbocycles. The molecule has 4 rings (SSSR count). The number of carbonyl (C=O) groups is 1. The minimum atomic E-state index is -0.148. The van der Waals surface area contributed by atoms with Crippen LogP contribution in [0.3, 0.4) is 0 Å². The van der Waals surface area contributed by atoms with Crippen LogP contribution in [0.25, 0.3) is 5.65 Å². The van der Waals surface area contributed by atoms with E-state index in [0.29, 0.717) is 21.8 Å². The average Bonchev–Trinajstić information content (AvgIpc) is 3.09. The van der Waals surface area contributed by atoms with E-state index >= 15 is 0 Å². The van der Waals surface area contributed by atoms with E-state index < -0.39 is 0 Å². The highest BCUT2D eigenvalue weighted by Crippen LogP contribution is 2.38. The van der Waals surface area contributed by atoms with Crippen molar-refractivity contribution in [1.82, 2.24) is 14.4 Å². The molecule has 1 N–H and O–H groups in total. The molecule has 1 amide bonds. The molecule has 3 aromatic heterocycles. The summed E-state index contributed by atoms with van der Waals surface area (Å²) in [6.07, 6.45) is 5.06. The minimum absolute atomic E-state index is 0.148. The Morgan fingerprint density at radius 1 is 1.32 bits per heavy atom. The third-order valence-electron chi connectivity index (χ3n) is 4.86. The SMILES string of the molecule is Cc1cc(C)n2ccc(C(=O)Nc3nc4c(s3)CC(C)(C)CC4)c2n1. The molecular formula is C19H22N4OS. The van der Waals surface area contributed by atoms with Crippen LogP contribution in [0.2, 0.25) is 0 Å². The molecule has 0 saturated heterocycles. The fraction of sp³-hybridized carbons (Fsp3) is 0.421. The summed E-state index contributed by atoms with van der Waals surface area (Å²) in [5.74, 6) is -0.148. The van der Waals surface area contributed by atoms with Crippen LogP contribution in [0.1, 0.15) is 52.6 Å². The molecule has 130 valence electrons. The molecule has 0 bridgehead atoms. The van der Waals surface area contributed by atoms with Gasteiger partial charge in [-0.15, -0.1) is 11.3 Å². The first-order chi connectivity index (χ1) is 11.8. The Balaban J connectivity index is 1.62. The van der Waals surface area contributed by atoms with Crippen molar-refractivity contribution >= 4 is 28.0 Å². The number of thiazole rings is 1. The highest BCUT2D eigenvalue weighted by Gasteiger charge is 2.28. The lowest BCUT2D eigenvalue weighted by Crippen LogP contribution is -2.20. The maximum atomic E-state index is 12.8. The number of aryl methyl sites for hydroxylation is 3. The van der Waals surface area contributed by atoms with Crippen LogP contribution in [0.4, 0.5) is 5.13 Å². The van der Waals surface area contributed by atoms with Gasteiger partial charge in [0, 0.05) is 22.5 Å². The Labute approximate surface area is 151 Å². The van der Waals surface area contributed by atoms with Gasteiger partial charge in [-0.05, 0) is 50.7 Å². The summed E-state index contributed by atoms with van der Waals surface area (Å²) >= 11 is 1.60. The van der Waals surface area contributed by atoms with Crippen molar-refractivity contribution in [1.29, 1.82) is 0 Å². The first kappa shape index (κ1) is 16.3. The second-order valence-electron chi connectivity index (χ2n) is 7.65. The molecule has 0 atom stereocenters. The van der Waals surface area contributed by atoms with Crippen molar-refractivity contribution < 1.29 is 4.79 Å². The highest BCUT2D eigenvalue weighted by atomic mass is 32.1. The Morgan fingerprint density at radius 2 is 2.12 bits per heavy atom. The summed E-state index contributed by atoms with van der Waals surface area (Å²) in [6, 6.07) is 3.83. The van der Waals surface area contributed by atoms with E-state index in [2.05, 4.69) is 29.1 Å². The summed E-state index contributed by atoms with van der Waals surface area (Å²) in [5.41, 5.74) is 4.71. The van der Waals surface area contributed by atoms with Crippen LogP contribution in [0, 0.1) is 19.3 Å². The van der Waals surface area contributed by atoms with E-state index in [1.165, 1.54) is 4.88 Å². The molecule has 3 aromatic rings. The van der Waals surface area contributed by atoms with Gasteiger partial charge in [-0.25, -0.2) is 9.97 Å². The van der Waals surface area contributed by atoms with E-state index in [0.717, 1.165) is 36.3 Å². The van der Waals surface area contributed by atoms with Crippen molar-refractivity contribution in [3.05, 3.63) is 45.9 Å². The molecule has 6 heteroatoms. The third-order valence-corrected chi connectivity index (χ3v) is 5.87. The van der Waals surface area contributed by atoms with Gasteiger partial charge in [0.1, 0.15) is 5.65 Å². The van der Waals surface area contributed by atoms with E-state index in [4.69, 9.17) is 0 Å². The fourth-order valence-electron chi connectivity index (χ4n) is 3.49. The number of nitrogens with one attached hydrogen (secondary N) is 1. The maximum absolute atomic E-state index is 12.8. The summed E-state index contributed by atoms with van der Waals surface area (Å²) in [7, 11) is 0. The molecule has 0 fully saturated rings. The van der Waals surface area contributed by atoms with Gasteiger partial charge in [0.25, 0.3) is 5.91 Å². The summed E-state index contributed by atoms with van der Waals surface area (Å²) < 4.78 is 1.94. The first-order valence-electron chi connectivity index (χ1n) is 8.58. The zero-order chi connectivity index (χ0) is 17.8. The van der Waals surface area contributed by atoms with Crippen LogP contribution in [0.5, 0.6) is 0 Å². The minimum Gasteiger partial charge on any atom is -0.305 e. The molecule has 0 unspecified atom stereocenters. The van der Waals surface area contributed by atoms with E-state index in [1.807, 2.05) is 36.6 Å². The Bertz CT molecular complexity index is 983.